The monoisotopic (exact) mass is 350 g/mol. The van der Waals surface area contributed by atoms with Gasteiger partial charge in [0.2, 0.25) is 10.0 Å². The smallest absolute Gasteiger partial charge is 0.250 e. The van der Waals surface area contributed by atoms with Crippen molar-refractivity contribution in [3.63, 3.8) is 0 Å². The van der Waals surface area contributed by atoms with Crippen LogP contribution in [-0.2, 0) is 10.0 Å². The Bertz CT molecular complexity index is 594. The number of nitrogens with two attached hydrogens (primary N) is 1. The van der Waals surface area contributed by atoms with E-state index < -0.39 is 10.0 Å². The number of rotatable bonds is 6. The number of sulfonamides is 1. The van der Waals surface area contributed by atoms with Crippen molar-refractivity contribution in [2.45, 2.75) is 35.9 Å². The van der Waals surface area contributed by atoms with Crippen molar-refractivity contribution in [3.8, 4) is 0 Å². The van der Waals surface area contributed by atoms with Gasteiger partial charge >= 0.3 is 0 Å². The predicted octanol–water partition coefficient (Wildman–Crippen LogP) is 1.53. The molecule has 2 rings (SSSR count). The SMILES string of the molecule is NC(=NCCNS(=O)(=O)c1ccc(Cl)s1)NC1CCCC1. The molecule has 0 unspecified atom stereocenters. The van der Waals surface area contributed by atoms with Gasteiger partial charge in [0.25, 0.3) is 0 Å². The van der Waals surface area contributed by atoms with E-state index in [0.717, 1.165) is 24.2 Å². The summed E-state index contributed by atoms with van der Waals surface area (Å²) < 4.78 is 26.9. The van der Waals surface area contributed by atoms with Crippen molar-refractivity contribution >= 4 is 38.9 Å². The van der Waals surface area contributed by atoms with E-state index >= 15 is 0 Å². The minimum absolute atomic E-state index is 0.199. The highest BCUT2D eigenvalue weighted by molar-refractivity contribution is 7.91. The van der Waals surface area contributed by atoms with Gasteiger partial charge < -0.3 is 11.1 Å². The van der Waals surface area contributed by atoms with Crippen LogP contribution in [0, 0.1) is 0 Å². The number of hydrogen-bond donors (Lipinski definition) is 3. The second-order valence-corrected chi connectivity index (χ2v) is 8.56. The quantitative estimate of drug-likeness (QED) is 0.412. The summed E-state index contributed by atoms with van der Waals surface area (Å²) in [5, 5.41) is 3.15. The van der Waals surface area contributed by atoms with Gasteiger partial charge in [-0.25, -0.2) is 13.1 Å². The van der Waals surface area contributed by atoms with Crippen LogP contribution in [0.25, 0.3) is 0 Å². The Morgan fingerprint density at radius 1 is 1.43 bits per heavy atom. The zero-order chi connectivity index (χ0) is 15.3. The van der Waals surface area contributed by atoms with Gasteiger partial charge in [-0.2, -0.15) is 0 Å². The molecule has 0 aliphatic heterocycles. The lowest BCUT2D eigenvalue weighted by Gasteiger charge is -2.12. The van der Waals surface area contributed by atoms with Gasteiger partial charge in [-0.05, 0) is 25.0 Å². The molecule has 118 valence electrons. The largest absolute Gasteiger partial charge is 0.370 e. The maximum atomic E-state index is 11.9. The first-order valence-electron chi connectivity index (χ1n) is 6.79. The van der Waals surface area contributed by atoms with Crippen LogP contribution in [0.4, 0.5) is 0 Å². The average molecular weight is 351 g/mol. The minimum Gasteiger partial charge on any atom is -0.370 e. The molecule has 0 atom stereocenters. The normalized spacial score (nSPS) is 17.3. The van der Waals surface area contributed by atoms with Gasteiger partial charge in [-0.1, -0.05) is 24.4 Å². The van der Waals surface area contributed by atoms with Crippen molar-refractivity contribution < 1.29 is 8.42 Å². The van der Waals surface area contributed by atoms with Crippen molar-refractivity contribution in [2.24, 2.45) is 10.7 Å². The molecule has 0 spiro atoms. The summed E-state index contributed by atoms with van der Waals surface area (Å²) in [6, 6.07) is 3.44. The zero-order valence-electron chi connectivity index (χ0n) is 11.5. The first kappa shape index (κ1) is 16.5. The van der Waals surface area contributed by atoms with E-state index in [4.69, 9.17) is 17.3 Å². The van der Waals surface area contributed by atoms with Gasteiger partial charge in [-0.3, -0.25) is 4.99 Å². The fraction of sp³-hybridized carbons (Fsp3) is 0.583. The number of aliphatic imine (C=N–C) groups is 1. The highest BCUT2D eigenvalue weighted by Crippen LogP contribution is 2.25. The Morgan fingerprint density at radius 2 is 2.14 bits per heavy atom. The molecule has 1 saturated carbocycles. The summed E-state index contributed by atoms with van der Waals surface area (Å²) in [5.41, 5.74) is 5.76. The van der Waals surface area contributed by atoms with Crippen LogP contribution in [0.15, 0.2) is 21.3 Å². The molecule has 1 aromatic heterocycles. The maximum Gasteiger partial charge on any atom is 0.250 e. The number of nitrogens with zero attached hydrogens (tertiary/aromatic N) is 1. The Balaban J connectivity index is 1.75. The molecule has 21 heavy (non-hydrogen) atoms. The summed E-state index contributed by atoms with van der Waals surface area (Å²) in [6.45, 7) is 0.495. The van der Waals surface area contributed by atoms with Gasteiger partial charge in [-0.15, -0.1) is 11.3 Å². The van der Waals surface area contributed by atoms with Gasteiger partial charge in [0, 0.05) is 12.6 Å². The number of halogens is 1. The topological polar surface area (TPSA) is 96.6 Å². The molecule has 1 fully saturated rings. The number of guanidine groups is 1. The first-order valence-corrected chi connectivity index (χ1v) is 9.46. The minimum atomic E-state index is -3.51. The molecule has 6 nitrogen and oxygen atoms in total. The maximum absolute atomic E-state index is 11.9. The van der Waals surface area contributed by atoms with E-state index in [1.807, 2.05) is 0 Å². The van der Waals surface area contributed by atoms with Crippen molar-refractivity contribution in [2.75, 3.05) is 13.1 Å². The van der Waals surface area contributed by atoms with E-state index in [2.05, 4.69) is 15.0 Å². The van der Waals surface area contributed by atoms with Crippen LogP contribution in [-0.4, -0.2) is 33.5 Å². The standard InChI is InChI=1S/C12H19ClN4O2S2/c13-10-5-6-11(20-10)21(18,19)16-8-7-15-12(14)17-9-3-1-2-4-9/h5-6,9,16H,1-4,7-8H2,(H3,14,15,17). The summed E-state index contributed by atoms with van der Waals surface area (Å²) >= 11 is 6.75. The Morgan fingerprint density at radius 3 is 2.76 bits per heavy atom. The third-order valence-corrected chi connectivity index (χ3v) is 6.39. The second kappa shape index (κ2) is 7.44. The molecule has 1 aromatic rings. The van der Waals surface area contributed by atoms with Crippen LogP contribution in [0.5, 0.6) is 0 Å². The second-order valence-electron chi connectivity index (χ2n) is 4.85. The summed E-state index contributed by atoms with van der Waals surface area (Å²) in [6.07, 6.45) is 4.66. The molecule has 4 N–H and O–H groups in total. The van der Waals surface area contributed by atoms with Crippen LogP contribution in [0.2, 0.25) is 4.34 Å². The summed E-state index contributed by atoms with van der Waals surface area (Å²) in [7, 11) is -3.51. The number of hydrogen-bond acceptors (Lipinski definition) is 4. The van der Waals surface area contributed by atoms with E-state index in [1.54, 1.807) is 6.07 Å². The fourth-order valence-electron chi connectivity index (χ4n) is 2.19. The van der Waals surface area contributed by atoms with E-state index in [9.17, 15) is 8.42 Å². The van der Waals surface area contributed by atoms with Crippen molar-refractivity contribution in [1.29, 1.82) is 0 Å². The third-order valence-electron chi connectivity index (χ3n) is 3.21. The Labute approximate surface area is 133 Å². The highest BCUT2D eigenvalue weighted by atomic mass is 35.5. The first-order chi connectivity index (χ1) is 9.97. The van der Waals surface area contributed by atoms with Crippen LogP contribution in [0.3, 0.4) is 0 Å². The fourth-order valence-corrected chi connectivity index (χ4v) is 4.74. The Kier molecular flexibility index (Phi) is 5.86. The third kappa shape index (κ3) is 5.14. The Hall–Kier alpha value is -0.830. The van der Waals surface area contributed by atoms with E-state index in [-0.39, 0.29) is 10.8 Å². The molecule has 1 heterocycles. The average Bonchev–Trinajstić information content (AvgIpc) is 3.06. The molecule has 0 aromatic carbocycles. The lowest BCUT2D eigenvalue weighted by atomic mass is 10.2. The van der Waals surface area contributed by atoms with E-state index in [1.165, 1.54) is 18.9 Å². The van der Waals surface area contributed by atoms with E-state index in [0.29, 0.717) is 22.9 Å². The zero-order valence-corrected chi connectivity index (χ0v) is 13.9. The molecular weight excluding hydrogens is 332 g/mol. The van der Waals surface area contributed by atoms with Crippen molar-refractivity contribution in [1.82, 2.24) is 10.0 Å². The van der Waals surface area contributed by atoms with Crippen LogP contribution < -0.4 is 15.8 Å². The molecule has 0 bridgehead atoms. The predicted molar refractivity (Wildman–Crippen MR) is 86.4 cm³/mol. The molecule has 1 aliphatic rings. The van der Waals surface area contributed by atoms with Gasteiger partial charge in [0.15, 0.2) is 5.96 Å². The summed E-state index contributed by atoms with van der Waals surface area (Å²) in [4.78, 5) is 4.12. The van der Waals surface area contributed by atoms with Gasteiger partial charge in [0.05, 0.1) is 10.9 Å². The number of nitrogens with one attached hydrogen (secondary N) is 2. The summed E-state index contributed by atoms with van der Waals surface area (Å²) in [5.74, 6) is 0.375. The molecule has 9 heteroatoms. The van der Waals surface area contributed by atoms with Crippen LogP contribution in [0.1, 0.15) is 25.7 Å². The molecule has 0 radical (unpaired) electrons. The van der Waals surface area contributed by atoms with Crippen molar-refractivity contribution in [3.05, 3.63) is 16.5 Å². The van der Waals surface area contributed by atoms with Crippen LogP contribution >= 0.6 is 22.9 Å². The highest BCUT2D eigenvalue weighted by Gasteiger charge is 2.16. The molecule has 0 amide bonds. The lowest BCUT2D eigenvalue weighted by Crippen LogP contribution is -2.39. The lowest BCUT2D eigenvalue weighted by molar-refractivity contribution is 0.584. The molecule has 0 saturated heterocycles. The molecule has 1 aliphatic carbocycles. The van der Waals surface area contributed by atoms with Gasteiger partial charge in [0.1, 0.15) is 4.21 Å². The molecular formula is C12H19ClN4O2S2. The number of thiophene rings is 1.